The first-order chi connectivity index (χ1) is 5.36. The van der Waals surface area contributed by atoms with Crippen molar-refractivity contribution in [3.8, 4) is 0 Å². The highest BCUT2D eigenvalue weighted by Crippen LogP contribution is 2.25. The number of rotatable bonds is 2. The number of pyridine rings is 1. The highest BCUT2D eigenvalue weighted by atomic mass is 35.5. The van der Waals surface area contributed by atoms with Gasteiger partial charge in [0.1, 0.15) is 5.82 Å². The third-order valence-electron chi connectivity index (χ3n) is 1.76. The fraction of sp³-hybridized carbons (Fsp3) is 0.375. The van der Waals surface area contributed by atoms with Crippen LogP contribution in [-0.4, -0.2) is 11.0 Å². The number of nitrogens with one attached hydrogen (secondary N) is 1. The molecule has 0 saturated heterocycles. The molecule has 3 N–H and O–H groups in total. The van der Waals surface area contributed by atoms with Crippen molar-refractivity contribution in [2.75, 3.05) is 11.1 Å². The predicted octanol–water partition coefficient (Wildman–Crippen LogP) is 1.66. The van der Waals surface area contributed by atoms with Crippen LogP contribution < -0.4 is 11.1 Å². The van der Waals surface area contributed by atoms with E-state index in [1.54, 1.807) is 6.20 Å². The minimum Gasteiger partial charge on any atom is -0.396 e. The van der Waals surface area contributed by atoms with Crippen molar-refractivity contribution in [2.24, 2.45) is 0 Å². The average molecular weight is 186 g/mol. The van der Waals surface area contributed by atoms with E-state index in [2.05, 4.69) is 10.3 Å². The van der Waals surface area contributed by atoms with Crippen molar-refractivity contribution in [3.05, 3.63) is 18.3 Å². The Morgan fingerprint density at radius 1 is 1.50 bits per heavy atom. The molecule has 0 amide bonds. The molecule has 0 aliphatic heterocycles. The lowest BCUT2D eigenvalue weighted by Crippen LogP contribution is -2.05. The molecule has 4 heteroatoms. The molecule has 0 unspecified atom stereocenters. The molecule has 2 rings (SSSR count). The minimum atomic E-state index is 0. The smallest absolute Gasteiger partial charge is 0.149 e. The molecular formula is C8H12ClN3. The zero-order valence-corrected chi connectivity index (χ0v) is 7.47. The van der Waals surface area contributed by atoms with Crippen molar-refractivity contribution in [3.63, 3.8) is 0 Å². The standard InChI is InChI=1S/C8H11N3.ClH/c9-7-2-1-5-10-8(7)11-6-3-4-6;/h1-2,5-6H,3-4,9H2,(H,10,11);1H. The van der Waals surface area contributed by atoms with Crippen molar-refractivity contribution in [2.45, 2.75) is 18.9 Å². The van der Waals surface area contributed by atoms with Gasteiger partial charge in [0.15, 0.2) is 0 Å². The van der Waals surface area contributed by atoms with Gasteiger partial charge in [-0.05, 0) is 25.0 Å². The highest BCUT2D eigenvalue weighted by molar-refractivity contribution is 5.85. The summed E-state index contributed by atoms with van der Waals surface area (Å²) in [7, 11) is 0. The second-order valence-electron chi connectivity index (χ2n) is 2.86. The molecule has 66 valence electrons. The zero-order valence-electron chi connectivity index (χ0n) is 6.66. The summed E-state index contributed by atoms with van der Waals surface area (Å²) in [6, 6.07) is 4.32. The first-order valence-electron chi connectivity index (χ1n) is 3.83. The first kappa shape index (κ1) is 9.13. The van der Waals surface area contributed by atoms with Gasteiger partial charge in [-0.25, -0.2) is 4.98 Å². The lowest BCUT2D eigenvalue weighted by atomic mass is 10.4. The number of nitrogens with two attached hydrogens (primary N) is 1. The summed E-state index contributed by atoms with van der Waals surface area (Å²) in [5, 5.41) is 3.25. The van der Waals surface area contributed by atoms with Crippen molar-refractivity contribution in [1.29, 1.82) is 0 Å². The minimum absolute atomic E-state index is 0. The summed E-state index contributed by atoms with van der Waals surface area (Å²) in [5.74, 6) is 0.829. The summed E-state index contributed by atoms with van der Waals surface area (Å²) in [6.07, 6.45) is 4.24. The normalized spacial score (nSPS) is 15.0. The van der Waals surface area contributed by atoms with Gasteiger partial charge in [0.2, 0.25) is 0 Å². The van der Waals surface area contributed by atoms with Crippen LogP contribution >= 0.6 is 12.4 Å². The molecule has 1 aromatic heterocycles. The molecule has 0 aromatic carbocycles. The topological polar surface area (TPSA) is 50.9 Å². The van der Waals surface area contributed by atoms with Crippen LogP contribution in [0.2, 0.25) is 0 Å². The molecule has 0 atom stereocenters. The first-order valence-corrected chi connectivity index (χ1v) is 3.83. The Bertz CT molecular complexity index is 260. The zero-order chi connectivity index (χ0) is 7.68. The number of nitrogens with zero attached hydrogens (tertiary/aromatic N) is 1. The molecule has 0 spiro atoms. The summed E-state index contributed by atoms with van der Waals surface area (Å²) in [5.41, 5.74) is 6.41. The van der Waals surface area contributed by atoms with Crippen LogP contribution in [0.15, 0.2) is 18.3 Å². The van der Waals surface area contributed by atoms with Gasteiger partial charge >= 0.3 is 0 Å². The number of halogens is 1. The number of aromatic nitrogens is 1. The monoisotopic (exact) mass is 185 g/mol. The molecule has 1 aliphatic carbocycles. The quantitative estimate of drug-likeness (QED) is 0.737. The summed E-state index contributed by atoms with van der Waals surface area (Å²) < 4.78 is 0. The summed E-state index contributed by atoms with van der Waals surface area (Å²) >= 11 is 0. The molecule has 1 heterocycles. The fourth-order valence-corrected chi connectivity index (χ4v) is 0.959. The fourth-order valence-electron chi connectivity index (χ4n) is 0.959. The van der Waals surface area contributed by atoms with Crippen LogP contribution in [0.25, 0.3) is 0 Å². The highest BCUT2D eigenvalue weighted by Gasteiger charge is 2.21. The number of hydrogen-bond acceptors (Lipinski definition) is 3. The Morgan fingerprint density at radius 3 is 2.83 bits per heavy atom. The van der Waals surface area contributed by atoms with E-state index in [9.17, 15) is 0 Å². The lowest BCUT2D eigenvalue weighted by molar-refractivity contribution is 1.12. The second-order valence-corrected chi connectivity index (χ2v) is 2.86. The van der Waals surface area contributed by atoms with Gasteiger partial charge in [-0.3, -0.25) is 0 Å². The van der Waals surface area contributed by atoms with Crippen molar-refractivity contribution in [1.82, 2.24) is 4.98 Å². The molecule has 12 heavy (non-hydrogen) atoms. The Morgan fingerprint density at radius 2 is 2.25 bits per heavy atom. The maximum absolute atomic E-state index is 5.67. The van der Waals surface area contributed by atoms with Crippen molar-refractivity contribution >= 4 is 23.9 Å². The van der Waals surface area contributed by atoms with E-state index >= 15 is 0 Å². The SMILES string of the molecule is Cl.Nc1cccnc1NC1CC1. The summed E-state index contributed by atoms with van der Waals surface area (Å²) in [6.45, 7) is 0. The average Bonchev–Trinajstić information content (AvgIpc) is 2.78. The Hall–Kier alpha value is -0.960. The third-order valence-corrected chi connectivity index (χ3v) is 1.76. The van der Waals surface area contributed by atoms with E-state index < -0.39 is 0 Å². The molecule has 3 nitrogen and oxygen atoms in total. The van der Waals surface area contributed by atoms with Gasteiger partial charge < -0.3 is 11.1 Å². The van der Waals surface area contributed by atoms with E-state index in [-0.39, 0.29) is 12.4 Å². The van der Waals surface area contributed by atoms with E-state index in [0.717, 1.165) is 11.5 Å². The molecule has 1 saturated carbocycles. The van der Waals surface area contributed by atoms with Crippen LogP contribution in [-0.2, 0) is 0 Å². The Balaban J connectivity index is 0.000000720. The number of hydrogen-bond donors (Lipinski definition) is 2. The van der Waals surface area contributed by atoms with Gasteiger partial charge in [-0.2, -0.15) is 0 Å². The van der Waals surface area contributed by atoms with Crippen molar-refractivity contribution < 1.29 is 0 Å². The predicted molar refractivity (Wildman–Crippen MR) is 52.5 cm³/mol. The molecule has 1 fully saturated rings. The lowest BCUT2D eigenvalue weighted by Gasteiger charge is -2.04. The van der Waals surface area contributed by atoms with E-state index in [0.29, 0.717) is 6.04 Å². The number of nitrogen functional groups attached to an aromatic ring is 1. The summed E-state index contributed by atoms with van der Waals surface area (Å²) in [4.78, 5) is 4.12. The Labute approximate surface area is 77.8 Å². The maximum Gasteiger partial charge on any atom is 0.149 e. The second kappa shape index (κ2) is 3.63. The molecule has 0 bridgehead atoms. The van der Waals surface area contributed by atoms with Gasteiger partial charge in [-0.1, -0.05) is 0 Å². The number of anilines is 2. The maximum atomic E-state index is 5.67. The van der Waals surface area contributed by atoms with Gasteiger partial charge in [0.25, 0.3) is 0 Å². The van der Waals surface area contributed by atoms with Gasteiger partial charge in [0, 0.05) is 12.2 Å². The van der Waals surface area contributed by atoms with Gasteiger partial charge in [-0.15, -0.1) is 12.4 Å². The largest absolute Gasteiger partial charge is 0.396 e. The Kier molecular flexibility index (Phi) is 2.76. The van der Waals surface area contributed by atoms with E-state index in [4.69, 9.17) is 5.73 Å². The van der Waals surface area contributed by atoms with Crippen LogP contribution in [0.3, 0.4) is 0 Å². The van der Waals surface area contributed by atoms with Crippen LogP contribution in [0, 0.1) is 0 Å². The molecule has 1 aliphatic rings. The third kappa shape index (κ3) is 2.01. The van der Waals surface area contributed by atoms with Crippen LogP contribution in [0.4, 0.5) is 11.5 Å². The van der Waals surface area contributed by atoms with E-state index in [1.165, 1.54) is 12.8 Å². The van der Waals surface area contributed by atoms with Crippen LogP contribution in [0.1, 0.15) is 12.8 Å². The van der Waals surface area contributed by atoms with Gasteiger partial charge in [0.05, 0.1) is 5.69 Å². The molecular weight excluding hydrogens is 174 g/mol. The van der Waals surface area contributed by atoms with Crippen LogP contribution in [0.5, 0.6) is 0 Å². The van der Waals surface area contributed by atoms with E-state index in [1.807, 2.05) is 12.1 Å². The molecule has 1 aromatic rings. The molecule has 0 radical (unpaired) electrons.